The fourth-order valence-electron chi connectivity index (χ4n) is 3.57. The van der Waals surface area contributed by atoms with Gasteiger partial charge < -0.3 is 19.7 Å². The maximum atomic E-state index is 13.4. The van der Waals surface area contributed by atoms with Crippen molar-refractivity contribution in [2.24, 2.45) is 0 Å². The van der Waals surface area contributed by atoms with Gasteiger partial charge in [0, 0.05) is 5.69 Å². The van der Waals surface area contributed by atoms with Crippen molar-refractivity contribution >= 4 is 11.8 Å². The van der Waals surface area contributed by atoms with Crippen molar-refractivity contribution in [3.63, 3.8) is 0 Å². The molecule has 3 aromatic rings. The fraction of sp³-hybridized carbons (Fsp3) is 0.167. The van der Waals surface area contributed by atoms with Crippen LogP contribution >= 0.6 is 0 Å². The Kier molecular flexibility index (Phi) is 5.92. The van der Waals surface area contributed by atoms with Crippen LogP contribution in [0.1, 0.15) is 17.2 Å². The second-order valence-corrected chi connectivity index (χ2v) is 7.25. The van der Waals surface area contributed by atoms with Gasteiger partial charge in [-0.15, -0.1) is 0 Å². The minimum absolute atomic E-state index is 0.0496. The quantitative estimate of drug-likeness (QED) is 0.610. The minimum Gasteiger partial charge on any atom is -0.508 e. The third-order valence-electron chi connectivity index (χ3n) is 5.15. The van der Waals surface area contributed by atoms with E-state index >= 15 is 0 Å². The van der Waals surface area contributed by atoms with Gasteiger partial charge in [-0.2, -0.15) is 5.26 Å². The Labute approximate surface area is 183 Å². The van der Waals surface area contributed by atoms with Gasteiger partial charge in [0.15, 0.2) is 6.10 Å². The average Bonchev–Trinajstić information content (AvgIpc) is 3.16. The number of rotatable bonds is 6. The second-order valence-electron chi connectivity index (χ2n) is 7.25. The first-order chi connectivity index (χ1) is 15.5. The Balaban J connectivity index is 1.60. The first-order valence-electron chi connectivity index (χ1n) is 9.81. The molecule has 3 aromatic carbocycles. The summed E-state index contributed by atoms with van der Waals surface area (Å²) in [4.78, 5) is 14.1. The minimum atomic E-state index is -1.20. The molecular formula is C24H19FN2O5. The number of nitriles is 1. The number of aromatic hydroxyl groups is 1. The molecule has 3 unspecified atom stereocenters. The molecule has 0 aliphatic carbocycles. The maximum Gasteiger partial charge on any atom is 0.415 e. The molecule has 0 radical (unpaired) electrons. The zero-order valence-corrected chi connectivity index (χ0v) is 16.8. The number of hydrogen-bond acceptors (Lipinski definition) is 6. The van der Waals surface area contributed by atoms with E-state index < -0.39 is 30.2 Å². The molecule has 2 N–H and O–H groups in total. The van der Waals surface area contributed by atoms with Gasteiger partial charge in [-0.05, 0) is 66.2 Å². The van der Waals surface area contributed by atoms with Crippen LogP contribution in [0.2, 0.25) is 0 Å². The summed E-state index contributed by atoms with van der Waals surface area (Å²) in [6.45, 7) is -0.171. The normalized spacial score (nSPS) is 18.7. The van der Waals surface area contributed by atoms with Gasteiger partial charge in [-0.3, -0.25) is 4.90 Å². The number of hydrogen-bond donors (Lipinski definition) is 2. The number of carbonyl (C=O) groups is 1. The van der Waals surface area contributed by atoms with Crippen molar-refractivity contribution < 1.29 is 28.9 Å². The van der Waals surface area contributed by atoms with Crippen LogP contribution in [-0.4, -0.2) is 35.1 Å². The number of amides is 1. The zero-order chi connectivity index (χ0) is 22.7. The Morgan fingerprint density at radius 3 is 2.34 bits per heavy atom. The van der Waals surface area contributed by atoms with E-state index in [0.717, 1.165) is 0 Å². The average molecular weight is 434 g/mol. The van der Waals surface area contributed by atoms with E-state index in [9.17, 15) is 19.4 Å². The number of ether oxygens (including phenoxy) is 2. The van der Waals surface area contributed by atoms with Crippen LogP contribution < -0.4 is 9.64 Å². The highest BCUT2D eigenvalue weighted by Gasteiger charge is 2.47. The summed E-state index contributed by atoms with van der Waals surface area (Å²) in [5.74, 6) is 0.0485. The van der Waals surface area contributed by atoms with Gasteiger partial charge in [0.2, 0.25) is 0 Å². The van der Waals surface area contributed by atoms with Crippen molar-refractivity contribution in [2.45, 2.75) is 18.2 Å². The van der Waals surface area contributed by atoms with Crippen LogP contribution in [0.3, 0.4) is 0 Å². The number of anilines is 1. The summed E-state index contributed by atoms with van der Waals surface area (Å²) < 4.78 is 24.5. The molecule has 32 heavy (non-hydrogen) atoms. The third-order valence-corrected chi connectivity index (χ3v) is 5.15. The molecule has 0 aromatic heterocycles. The first kappa shape index (κ1) is 21.2. The predicted octanol–water partition coefficient (Wildman–Crippen LogP) is 3.91. The number of carbonyl (C=O) groups excluding carboxylic acids is 1. The van der Waals surface area contributed by atoms with Gasteiger partial charge in [-0.25, -0.2) is 9.18 Å². The molecule has 0 saturated carbocycles. The van der Waals surface area contributed by atoms with Gasteiger partial charge in [0.1, 0.15) is 36.1 Å². The Bertz CT molecular complexity index is 1130. The molecule has 3 atom stereocenters. The van der Waals surface area contributed by atoms with Crippen LogP contribution in [0.25, 0.3) is 0 Å². The summed E-state index contributed by atoms with van der Waals surface area (Å²) in [5, 5.41) is 29.4. The van der Waals surface area contributed by atoms with Crippen molar-refractivity contribution in [2.75, 3.05) is 11.5 Å². The molecule has 0 bridgehead atoms. The second kappa shape index (κ2) is 8.96. The van der Waals surface area contributed by atoms with Gasteiger partial charge in [0.05, 0.1) is 11.6 Å². The van der Waals surface area contributed by atoms with Gasteiger partial charge in [-0.1, -0.05) is 12.1 Å². The molecule has 7 nitrogen and oxygen atoms in total. The Morgan fingerprint density at radius 2 is 1.72 bits per heavy atom. The topological polar surface area (TPSA) is 103 Å². The molecule has 162 valence electrons. The Hall–Kier alpha value is -4.09. The van der Waals surface area contributed by atoms with Crippen molar-refractivity contribution in [3.05, 3.63) is 89.7 Å². The summed E-state index contributed by atoms with van der Waals surface area (Å²) in [5.41, 5.74) is 1.49. The van der Waals surface area contributed by atoms with E-state index in [1.165, 1.54) is 41.3 Å². The zero-order valence-electron chi connectivity index (χ0n) is 16.8. The van der Waals surface area contributed by atoms with Crippen LogP contribution in [0.4, 0.5) is 14.9 Å². The number of aliphatic hydroxyl groups excluding tert-OH is 1. The molecule has 1 heterocycles. The number of cyclic esters (lactones) is 1. The highest BCUT2D eigenvalue weighted by molar-refractivity contribution is 5.91. The van der Waals surface area contributed by atoms with E-state index in [1.807, 2.05) is 6.07 Å². The standard InChI is InChI=1S/C24H19FN2O5/c25-17-5-7-18(8-6-17)27-22(16-3-9-19(28)10-4-16)23(32-24(27)30)21(29)14-31-20-11-1-15(13-26)2-12-20/h1-12,21-23,28-29H,14H2. The lowest BCUT2D eigenvalue weighted by molar-refractivity contribution is -0.00646. The number of benzene rings is 3. The lowest BCUT2D eigenvalue weighted by Gasteiger charge is -2.27. The first-order valence-corrected chi connectivity index (χ1v) is 9.81. The number of phenols is 1. The fourth-order valence-corrected chi connectivity index (χ4v) is 3.57. The van der Waals surface area contributed by atoms with E-state index in [0.29, 0.717) is 22.6 Å². The molecular weight excluding hydrogens is 415 g/mol. The van der Waals surface area contributed by atoms with Crippen molar-refractivity contribution in [1.29, 1.82) is 5.26 Å². The number of halogens is 1. The van der Waals surface area contributed by atoms with E-state index in [2.05, 4.69) is 0 Å². The summed E-state index contributed by atoms with van der Waals surface area (Å²) in [6, 6.07) is 19.2. The third kappa shape index (κ3) is 4.33. The molecule has 1 aliphatic rings. The van der Waals surface area contributed by atoms with Crippen LogP contribution in [0.5, 0.6) is 11.5 Å². The van der Waals surface area contributed by atoms with E-state index in [4.69, 9.17) is 14.7 Å². The molecule has 1 saturated heterocycles. The lowest BCUT2D eigenvalue weighted by Crippen LogP contribution is -2.38. The number of phenolic OH excluding ortho intramolecular Hbond substituents is 1. The Morgan fingerprint density at radius 1 is 1.06 bits per heavy atom. The highest BCUT2D eigenvalue weighted by Crippen LogP contribution is 2.39. The van der Waals surface area contributed by atoms with Gasteiger partial charge >= 0.3 is 6.09 Å². The highest BCUT2D eigenvalue weighted by atomic mass is 19.1. The SMILES string of the molecule is N#Cc1ccc(OCC(O)C2OC(=O)N(c3ccc(F)cc3)C2c2ccc(O)cc2)cc1. The molecule has 8 heteroatoms. The van der Waals surface area contributed by atoms with Crippen LogP contribution in [0.15, 0.2) is 72.8 Å². The summed E-state index contributed by atoms with van der Waals surface area (Å²) in [6.07, 6.45) is -2.88. The molecule has 4 rings (SSSR count). The summed E-state index contributed by atoms with van der Waals surface area (Å²) >= 11 is 0. The largest absolute Gasteiger partial charge is 0.508 e. The molecule has 1 aliphatic heterocycles. The molecule has 0 spiro atoms. The molecule has 1 fully saturated rings. The van der Waals surface area contributed by atoms with E-state index in [1.54, 1.807) is 36.4 Å². The summed E-state index contributed by atoms with van der Waals surface area (Å²) in [7, 11) is 0. The monoisotopic (exact) mass is 434 g/mol. The molecule has 1 amide bonds. The number of nitrogens with zero attached hydrogens (tertiary/aromatic N) is 2. The lowest BCUT2D eigenvalue weighted by atomic mass is 9.96. The van der Waals surface area contributed by atoms with Gasteiger partial charge in [0.25, 0.3) is 0 Å². The smallest absolute Gasteiger partial charge is 0.415 e. The van der Waals surface area contributed by atoms with Crippen molar-refractivity contribution in [1.82, 2.24) is 0 Å². The van der Waals surface area contributed by atoms with Crippen molar-refractivity contribution in [3.8, 4) is 17.6 Å². The van der Waals surface area contributed by atoms with E-state index in [-0.39, 0.29) is 12.4 Å². The van der Waals surface area contributed by atoms with Crippen LogP contribution in [0, 0.1) is 17.1 Å². The number of aliphatic hydroxyl groups is 1. The predicted molar refractivity (Wildman–Crippen MR) is 113 cm³/mol. The van der Waals surface area contributed by atoms with Crippen LogP contribution in [-0.2, 0) is 4.74 Å². The maximum absolute atomic E-state index is 13.4.